The molecule has 1 unspecified atom stereocenters. The number of ketones is 4. The molecule has 0 radical (unpaired) electrons. The van der Waals surface area contributed by atoms with E-state index >= 15 is 0 Å². The smallest absolute Gasteiger partial charge is 0.198 e. The minimum absolute atomic E-state index is 0.0226. The molecular formula is C29H16N2O5. The number of phenols is 1. The Hall–Kier alpha value is -4.91. The van der Waals surface area contributed by atoms with Gasteiger partial charge in [-0.3, -0.25) is 19.2 Å². The SMILES string of the molecule is CC1=CC2=Nc3c(cc(O)c4c3C(=O)c3ccccc3C4=O)NC2C2=C1C(=O)c1ccccc1C2=O. The molecule has 4 aliphatic rings. The molecule has 1 atom stereocenters. The lowest BCUT2D eigenvalue weighted by molar-refractivity contribution is 0.0974. The third-order valence-corrected chi connectivity index (χ3v) is 7.19. The van der Waals surface area contributed by atoms with Crippen LogP contribution in [-0.4, -0.2) is 40.0 Å². The Morgan fingerprint density at radius 2 is 1.33 bits per heavy atom. The highest BCUT2D eigenvalue weighted by atomic mass is 16.3. The molecule has 3 aromatic carbocycles. The summed E-state index contributed by atoms with van der Waals surface area (Å²) < 4.78 is 0. The van der Waals surface area contributed by atoms with E-state index in [4.69, 9.17) is 4.99 Å². The van der Waals surface area contributed by atoms with Crippen LogP contribution in [0.2, 0.25) is 0 Å². The number of fused-ring (bicyclic) bond motifs is 7. The van der Waals surface area contributed by atoms with Crippen LogP contribution in [0, 0.1) is 0 Å². The minimum atomic E-state index is -0.750. The summed E-state index contributed by atoms with van der Waals surface area (Å²) in [6.07, 6.45) is 1.72. The van der Waals surface area contributed by atoms with Crippen LogP contribution in [-0.2, 0) is 0 Å². The van der Waals surface area contributed by atoms with Crippen LogP contribution in [0.4, 0.5) is 11.4 Å². The van der Waals surface area contributed by atoms with Crippen LogP contribution in [0.5, 0.6) is 5.75 Å². The van der Waals surface area contributed by atoms with Crippen LogP contribution in [0.25, 0.3) is 0 Å². The molecule has 3 aromatic rings. The van der Waals surface area contributed by atoms with Crippen LogP contribution >= 0.6 is 0 Å². The Morgan fingerprint density at radius 1 is 0.778 bits per heavy atom. The van der Waals surface area contributed by atoms with E-state index < -0.39 is 17.6 Å². The first-order valence-corrected chi connectivity index (χ1v) is 11.4. The number of allylic oxidation sites excluding steroid dienone is 2. The van der Waals surface area contributed by atoms with Gasteiger partial charge in [-0.1, -0.05) is 48.5 Å². The highest BCUT2D eigenvalue weighted by Gasteiger charge is 2.43. The molecule has 7 rings (SSSR count). The highest BCUT2D eigenvalue weighted by Crippen LogP contribution is 2.47. The summed E-state index contributed by atoms with van der Waals surface area (Å²) in [6.45, 7) is 1.75. The number of hydrogen-bond acceptors (Lipinski definition) is 7. The molecule has 3 aliphatic carbocycles. The molecule has 7 nitrogen and oxygen atoms in total. The van der Waals surface area contributed by atoms with Crippen molar-refractivity contribution < 1.29 is 24.3 Å². The average molecular weight is 472 g/mol. The van der Waals surface area contributed by atoms with Crippen molar-refractivity contribution in [1.82, 2.24) is 0 Å². The quantitative estimate of drug-likeness (QED) is 0.393. The average Bonchev–Trinajstić information content (AvgIpc) is 2.88. The van der Waals surface area contributed by atoms with Crippen LogP contribution in [0.3, 0.4) is 0 Å². The van der Waals surface area contributed by atoms with Crippen molar-refractivity contribution in [2.45, 2.75) is 13.0 Å². The van der Waals surface area contributed by atoms with Crippen LogP contribution in [0.1, 0.15) is 59.5 Å². The van der Waals surface area contributed by atoms with Crippen molar-refractivity contribution in [3.05, 3.63) is 111 Å². The van der Waals surface area contributed by atoms with Crippen LogP contribution < -0.4 is 5.32 Å². The maximum absolute atomic E-state index is 13.6. The second-order valence-electron chi connectivity index (χ2n) is 9.18. The van der Waals surface area contributed by atoms with Gasteiger partial charge < -0.3 is 10.4 Å². The topological polar surface area (TPSA) is 113 Å². The number of carbonyl (C=O) groups excluding carboxylic acids is 4. The zero-order valence-corrected chi connectivity index (χ0v) is 18.9. The fourth-order valence-electron chi connectivity index (χ4n) is 5.60. The standard InChI is InChI=1S/C29H16N2O5/c1-12-10-17-24(22-20(12)26(33)13-6-2-4-8-15(13)28(22)35)31-18-11-19(32)21-23(25(18)30-17)29(36)16-9-5-3-7-14(16)27(21)34/h2-11,24,31-32H,1H3. The van der Waals surface area contributed by atoms with E-state index in [1.807, 2.05) is 0 Å². The zero-order chi connectivity index (χ0) is 24.9. The number of nitrogens with zero attached hydrogens (tertiary/aromatic N) is 1. The van der Waals surface area contributed by atoms with Gasteiger partial charge in [0.05, 0.1) is 34.3 Å². The third-order valence-electron chi connectivity index (χ3n) is 7.19. The molecule has 0 spiro atoms. The van der Waals surface area contributed by atoms with Gasteiger partial charge in [0.2, 0.25) is 0 Å². The lowest BCUT2D eigenvalue weighted by atomic mass is 9.74. The number of phenolic OH excluding ortho intramolecular Hbond substituents is 1. The van der Waals surface area contributed by atoms with Gasteiger partial charge in [-0.05, 0) is 18.6 Å². The number of aromatic hydroxyl groups is 1. The Balaban J connectivity index is 1.44. The van der Waals surface area contributed by atoms with Gasteiger partial charge in [0.15, 0.2) is 23.1 Å². The maximum Gasteiger partial charge on any atom is 0.198 e. The number of carbonyl (C=O) groups is 4. The monoisotopic (exact) mass is 472 g/mol. The summed E-state index contributed by atoms with van der Waals surface area (Å²) >= 11 is 0. The lowest BCUT2D eigenvalue weighted by Gasteiger charge is -2.35. The molecule has 36 heavy (non-hydrogen) atoms. The van der Waals surface area contributed by atoms with Gasteiger partial charge in [-0.15, -0.1) is 0 Å². The van der Waals surface area contributed by atoms with E-state index in [-0.39, 0.29) is 50.8 Å². The summed E-state index contributed by atoms with van der Waals surface area (Å²) in [5.74, 6) is -1.72. The van der Waals surface area contributed by atoms with Gasteiger partial charge in [0, 0.05) is 39.5 Å². The number of nitrogens with one attached hydrogen (secondary N) is 1. The molecule has 0 aromatic heterocycles. The molecule has 0 fully saturated rings. The Bertz CT molecular complexity index is 1760. The van der Waals surface area contributed by atoms with Crippen molar-refractivity contribution in [3.8, 4) is 5.75 Å². The summed E-state index contributed by atoms with van der Waals surface area (Å²) in [5, 5.41) is 14.0. The summed E-state index contributed by atoms with van der Waals surface area (Å²) in [5.41, 5.74) is 3.30. The summed E-state index contributed by atoms with van der Waals surface area (Å²) in [4.78, 5) is 58.3. The molecule has 2 N–H and O–H groups in total. The number of hydrogen-bond donors (Lipinski definition) is 2. The van der Waals surface area contributed by atoms with Crippen molar-refractivity contribution >= 4 is 40.2 Å². The molecule has 0 saturated carbocycles. The lowest BCUT2D eigenvalue weighted by Crippen LogP contribution is -2.42. The Labute approximate surface area is 204 Å². The fraction of sp³-hybridized carbons (Fsp3) is 0.0690. The van der Waals surface area contributed by atoms with Gasteiger partial charge in [0.1, 0.15) is 5.75 Å². The van der Waals surface area contributed by atoms with E-state index in [9.17, 15) is 24.3 Å². The van der Waals surface area contributed by atoms with E-state index in [1.165, 1.54) is 6.07 Å². The second kappa shape index (κ2) is 6.82. The second-order valence-corrected chi connectivity index (χ2v) is 9.18. The predicted molar refractivity (Wildman–Crippen MR) is 132 cm³/mol. The number of anilines is 1. The van der Waals surface area contributed by atoms with Crippen LogP contribution in [0.15, 0.2) is 82.4 Å². The van der Waals surface area contributed by atoms with E-state index in [1.54, 1.807) is 61.5 Å². The van der Waals surface area contributed by atoms with Crippen molar-refractivity contribution in [1.29, 1.82) is 0 Å². The minimum Gasteiger partial charge on any atom is -0.507 e. The maximum atomic E-state index is 13.6. The van der Waals surface area contributed by atoms with Gasteiger partial charge in [-0.25, -0.2) is 4.99 Å². The Morgan fingerprint density at radius 3 is 1.97 bits per heavy atom. The van der Waals surface area contributed by atoms with E-state index in [2.05, 4.69) is 5.32 Å². The molecule has 7 heteroatoms. The fourth-order valence-corrected chi connectivity index (χ4v) is 5.60. The number of rotatable bonds is 0. The van der Waals surface area contributed by atoms with Gasteiger partial charge in [0.25, 0.3) is 0 Å². The number of benzene rings is 3. The summed E-state index contributed by atoms with van der Waals surface area (Å²) in [7, 11) is 0. The highest BCUT2D eigenvalue weighted by molar-refractivity contribution is 6.35. The molecular weight excluding hydrogens is 456 g/mol. The Kier molecular flexibility index (Phi) is 3.88. The van der Waals surface area contributed by atoms with Gasteiger partial charge >= 0.3 is 0 Å². The molecule has 1 heterocycles. The molecule has 0 amide bonds. The van der Waals surface area contributed by atoms with Gasteiger partial charge in [-0.2, -0.15) is 0 Å². The molecule has 0 saturated heterocycles. The normalized spacial score (nSPS) is 19.2. The van der Waals surface area contributed by atoms with E-state index in [0.717, 1.165) is 0 Å². The van der Waals surface area contributed by atoms with E-state index in [0.29, 0.717) is 33.7 Å². The predicted octanol–water partition coefficient (Wildman–Crippen LogP) is 4.37. The first-order chi connectivity index (χ1) is 17.4. The van der Waals surface area contributed by atoms with Crippen molar-refractivity contribution in [3.63, 3.8) is 0 Å². The number of Topliss-reactive ketones (excluding diaryl/α,β-unsaturated/α-hetero) is 2. The first-order valence-electron chi connectivity index (χ1n) is 11.4. The number of aliphatic imine (C=N–C) groups is 1. The zero-order valence-electron chi connectivity index (χ0n) is 18.9. The van der Waals surface area contributed by atoms with Crippen molar-refractivity contribution in [2.75, 3.05) is 5.32 Å². The molecule has 172 valence electrons. The molecule has 1 aliphatic heterocycles. The molecule has 0 bridgehead atoms. The van der Waals surface area contributed by atoms with Crippen molar-refractivity contribution in [2.24, 2.45) is 4.99 Å². The largest absolute Gasteiger partial charge is 0.507 e. The summed E-state index contributed by atoms with van der Waals surface area (Å²) in [6, 6.07) is 13.8. The first kappa shape index (κ1) is 20.5. The third kappa shape index (κ3) is 2.43.